The average molecular weight is 216 g/mol. The Morgan fingerprint density at radius 2 is 2.12 bits per heavy atom. The van der Waals surface area contributed by atoms with Gasteiger partial charge in [-0.15, -0.1) is 0 Å². The molecule has 0 aliphatic heterocycles. The number of nitriles is 1. The van der Waals surface area contributed by atoms with E-state index >= 15 is 0 Å². The van der Waals surface area contributed by atoms with Gasteiger partial charge in [-0.3, -0.25) is 9.67 Å². The van der Waals surface area contributed by atoms with Crippen molar-refractivity contribution in [3.63, 3.8) is 0 Å². The Bertz CT molecular complexity index is 513. The fraction of sp³-hybridized carbons (Fsp3) is 0.182. The molecule has 2 heterocycles. The van der Waals surface area contributed by atoms with Crippen molar-refractivity contribution < 1.29 is 4.39 Å². The molecule has 0 unspecified atom stereocenters. The first-order valence-corrected chi connectivity index (χ1v) is 4.79. The maximum atomic E-state index is 12.2. The Morgan fingerprint density at radius 1 is 1.38 bits per heavy atom. The smallest absolute Gasteiger partial charge is 0.139 e. The van der Waals surface area contributed by atoms with Crippen LogP contribution in [-0.4, -0.2) is 21.4 Å². The van der Waals surface area contributed by atoms with Crippen molar-refractivity contribution in [2.24, 2.45) is 0 Å². The number of halogens is 1. The second-order valence-electron chi connectivity index (χ2n) is 3.17. The normalized spacial score (nSPS) is 10.0. The molecule has 0 aliphatic carbocycles. The number of aryl methyl sites for hydroxylation is 1. The highest BCUT2D eigenvalue weighted by molar-refractivity contribution is 5.59. The highest BCUT2D eigenvalue weighted by atomic mass is 19.1. The Labute approximate surface area is 92.0 Å². The van der Waals surface area contributed by atoms with E-state index in [0.717, 1.165) is 5.56 Å². The predicted octanol–water partition coefficient (Wildman–Crippen LogP) is 1.79. The number of nitrogens with zero attached hydrogens (tertiary/aromatic N) is 4. The minimum Gasteiger partial charge on any atom is -0.265 e. The maximum absolute atomic E-state index is 12.2. The Kier molecular flexibility index (Phi) is 2.92. The second-order valence-corrected chi connectivity index (χ2v) is 3.17. The molecular formula is C11H9FN4. The molecule has 0 aromatic carbocycles. The molecule has 2 aromatic heterocycles. The van der Waals surface area contributed by atoms with Crippen LogP contribution in [0.5, 0.6) is 0 Å². The van der Waals surface area contributed by atoms with Crippen molar-refractivity contribution >= 4 is 0 Å². The van der Waals surface area contributed by atoms with Crippen LogP contribution in [0.1, 0.15) is 5.69 Å². The third-order valence-electron chi connectivity index (χ3n) is 2.17. The molecule has 2 rings (SSSR count). The lowest BCUT2D eigenvalue weighted by Gasteiger charge is -1.97. The van der Waals surface area contributed by atoms with Crippen molar-refractivity contribution in [3.05, 3.63) is 36.3 Å². The summed E-state index contributed by atoms with van der Waals surface area (Å²) in [6.45, 7) is -0.430. The number of pyridine rings is 1. The molecule has 5 heteroatoms. The van der Waals surface area contributed by atoms with E-state index < -0.39 is 6.67 Å². The molecule has 0 saturated carbocycles. The van der Waals surface area contributed by atoms with Crippen molar-refractivity contribution in [2.75, 3.05) is 6.67 Å². The molecule has 2 aromatic rings. The highest BCUT2D eigenvalue weighted by Crippen LogP contribution is 2.17. The van der Waals surface area contributed by atoms with Crippen LogP contribution < -0.4 is 0 Å². The number of aromatic nitrogens is 3. The third-order valence-corrected chi connectivity index (χ3v) is 2.17. The van der Waals surface area contributed by atoms with Gasteiger partial charge in [0.15, 0.2) is 0 Å². The van der Waals surface area contributed by atoms with Gasteiger partial charge in [0, 0.05) is 24.0 Å². The first-order chi connectivity index (χ1) is 7.85. The molecule has 0 radical (unpaired) electrons. The number of rotatable bonds is 3. The minimum atomic E-state index is -0.536. The molecule has 80 valence electrons. The lowest BCUT2D eigenvalue weighted by atomic mass is 10.2. The summed E-state index contributed by atoms with van der Waals surface area (Å²) < 4.78 is 13.6. The van der Waals surface area contributed by atoms with E-state index in [0.29, 0.717) is 11.4 Å². The zero-order chi connectivity index (χ0) is 11.4. The van der Waals surface area contributed by atoms with Gasteiger partial charge in [0.2, 0.25) is 0 Å². The van der Waals surface area contributed by atoms with E-state index in [9.17, 15) is 4.39 Å². The standard InChI is InChI=1S/C11H9FN4/c12-3-6-16-10(8-13)7-11(15-16)9-1-4-14-5-2-9/h1-2,4-5,7H,3,6H2. The molecule has 0 N–H and O–H groups in total. The van der Waals surface area contributed by atoms with Crippen LogP contribution in [0.3, 0.4) is 0 Å². The molecule has 0 spiro atoms. The summed E-state index contributed by atoms with van der Waals surface area (Å²) in [5, 5.41) is 13.0. The Hall–Kier alpha value is -2.22. The lowest BCUT2D eigenvalue weighted by Crippen LogP contribution is -2.04. The van der Waals surface area contributed by atoms with Gasteiger partial charge in [-0.2, -0.15) is 10.4 Å². The van der Waals surface area contributed by atoms with Gasteiger partial charge < -0.3 is 0 Å². The van der Waals surface area contributed by atoms with Gasteiger partial charge in [-0.25, -0.2) is 4.39 Å². The van der Waals surface area contributed by atoms with Crippen LogP contribution in [0.25, 0.3) is 11.3 Å². The largest absolute Gasteiger partial charge is 0.265 e. The van der Waals surface area contributed by atoms with Gasteiger partial charge >= 0.3 is 0 Å². The molecular weight excluding hydrogens is 207 g/mol. The second kappa shape index (κ2) is 4.53. The van der Waals surface area contributed by atoms with E-state index in [1.54, 1.807) is 30.6 Å². The van der Waals surface area contributed by atoms with Crippen molar-refractivity contribution in [3.8, 4) is 17.3 Å². The monoisotopic (exact) mass is 216 g/mol. The van der Waals surface area contributed by atoms with Gasteiger partial charge in [-0.05, 0) is 12.1 Å². The zero-order valence-corrected chi connectivity index (χ0v) is 8.47. The summed E-state index contributed by atoms with van der Waals surface area (Å²) in [5.41, 5.74) is 1.89. The number of hydrogen-bond acceptors (Lipinski definition) is 3. The van der Waals surface area contributed by atoms with Crippen molar-refractivity contribution in [1.29, 1.82) is 5.26 Å². The summed E-state index contributed by atoms with van der Waals surface area (Å²) in [6, 6.07) is 7.22. The molecule has 0 amide bonds. The summed E-state index contributed by atoms with van der Waals surface area (Å²) in [5.74, 6) is 0. The van der Waals surface area contributed by atoms with Crippen molar-refractivity contribution in [2.45, 2.75) is 6.54 Å². The van der Waals surface area contributed by atoms with Gasteiger partial charge in [0.1, 0.15) is 18.4 Å². The van der Waals surface area contributed by atoms with Crippen LogP contribution in [-0.2, 0) is 6.54 Å². The summed E-state index contributed by atoms with van der Waals surface area (Å²) in [4.78, 5) is 3.90. The topological polar surface area (TPSA) is 54.5 Å². The third kappa shape index (κ3) is 1.91. The van der Waals surface area contributed by atoms with E-state index in [1.807, 2.05) is 6.07 Å². The van der Waals surface area contributed by atoms with E-state index in [1.165, 1.54) is 4.68 Å². The van der Waals surface area contributed by atoms with Crippen LogP contribution in [0.4, 0.5) is 4.39 Å². The number of alkyl halides is 1. The first kappa shape index (κ1) is 10.3. The summed E-state index contributed by atoms with van der Waals surface area (Å²) >= 11 is 0. The number of hydrogen-bond donors (Lipinski definition) is 0. The summed E-state index contributed by atoms with van der Waals surface area (Å²) in [7, 11) is 0. The lowest BCUT2D eigenvalue weighted by molar-refractivity contribution is 0.426. The van der Waals surface area contributed by atoms with Gasteiger partial charge in [0.25, 0.3) is 0 Å². The van der Waals surface area contributed by atoms with Crippen LogP contribution in [0.2, 0.25) is 0 Å². The molecule has 16 heavy (non-hydrogen) atoms. The van der Waals surface area contributed by atoms with Crippen LogP contribution >= 0.6 is 0 Å². The maximum Gasteiger partial charge on any atom is 0.139 e. The molecule has 0 saturated heterocycles. The Balaban J connectivity index is 2.41. The predicted molar refractivity (Wildman–Crippen MR) is 56.1 cm³/mol. The summed E-state index contributed by atoms with van der Waals surface area (Å²) in [6.07, 6.45) is 3.30. The van der Waals surface area contributed by atoms with Crippen molar-refractivity contribution in [1.82, 2.24) is 14.8 Å². The molecule has 0 fully saturated rings. The molecule has 0 atom stereocenters. The fourth-order valence-electron chi connectivity index (χ4n) is 1.42. The molecule has 0 aliphatic rings. The molecule has 0 bridgehead atoms. The van der Waals surface area contributed by atoms with Crippen LogP contribution in [0.15, 0.2) is 30.6 Å². The van der Waals surface area contributed by atoms with Gasteiger partial charge in [-0.1, -0.05) is 0 Å². The Morgan fingerprint density at radius 3 is 2.75 bits per heavy atom. The zero-order valence-electron chi connectivity index (χ0n) is 8.47. The van der Waals surface area contributed by atoms with E-state index in [-0.39, 0.29) is 6.54 Å². The highest BCUT2D eigenvalue weighted by Gasteiger charge is 2.08. The average Bonchev–Trinajstić information content (AvgIpc) is 2.74. The minimum absolute atomic E-state index is 0.105. The van der Waals surface area contributed by atoms with E-state index in [4.69, 9.17) is 5.26 Å². The van der Waals surface area contributed by atoms with E-state index in [2.05, 4.69) is 10.1 Å². The quantitative estimate of drug-likeness (QED) is 0.785. The van der Waals surface area contributed by atoms with Gasteiger partial charge in [0.05, 0.1) is 12.2 Å². The fourth-order valence-corrected chi connectivity index (χ4v) is 1.42. The van der Waals surface area contributed by atoms with Crippen LogP contribution in [0, 0.1) is 11.3 Å². The first-order valence-electron chi connectivity index (χ1n) is 4.79. The SMILES string of the molecule is N#Cc1cc(-c2ccncc2)nn1CCF. The molecule has 4 nitrogen and oxygen atoms in total.